The molecule has 25 heavy (non-hydrogen) atoms. The van der Waals surface area contributed by atoms with E-state index in [0.717, 1.165) is 12.0 Å². The molecule has 7 nitrogen and oxygen atoms in total. The fraction of sp³-hybridized carbons (Fsp3) is 0.176. The summed E-state index contributed by atoms with van der Waals surface area (Å²) in [4.78, 5) is 23.1. The topological polar surface area (TPSA) is 104 Å². The van der Waals surface area contributed by atoms with Gasteiger partial charge in [-0.1, -0.05) is 19.1 Å². The second-order valence-corrected chi connectivity index (χ2v) is 7.32. The largest absolute Gasteiger partial charge is 0.324 e. The summed E-state index contributed by atoms with van der Waals surface area (Å²) in [5, 5.41) is 5.09. The van der Waals surface area contributed by atoms with Crippen LogP contribution in [0.5, 0.6) is 0 Å². The first-order valence-electron chi connectivity index (χ1n) is 7.73. The van der Waals surface area contributed by atoms with E-state index in [9.17, 15) is 18.0 Å². The van der Waals surface area contributed by atoms with Gasteiger partial charge in [0.15, 0.2) is 0 Å². The van der Waals surface area contributed by atoms with E-state index in [1.165, 1.54) is 18.2 Å². The second-order valence-electron chi connectivity index (χ2n) is 5.64. The number of rotatable bonds is 4. The molecule has 0 bridgehead atoms. The zero-order valence-electron chi connectivity index (χ0n) is 13.5. The summed E-state index contributed by atoms with van der Waals surface area (Å²) in [6.45, 7) is 2.02. The molecular weight excluding hydrogens is 342 g/mol. The molecular formula is C17H17N3O4S. The van der Waals surface area contributed by atoms with Gasteiger partial charge in [-0.2, -0.15) is 0 Å². The molecule has 0 spiro atoms. The van der Waals surface area contributed by atoms with E-state index in [0.29, 0.717) is 11.4 Å². The summed E-state index contributed by atoms with van der Waals surface area (Å²) in [5.74, 6) is -0.935. The quantitative estimate of drug-likeness (QED) is 0.729. The third-order valence-corrected chi connectivity index (χ3v) is 5.16. The number of sulfonamides is 1. The van der Waals surface area contributed by atoms with Crippen LogP contribution in [-0.2, 0) is 26.0 Å². The molecule has 0 radical (unpaired) electrons. The van der Waals surface area contributed by atoms with Gasteiger partial charge in [-0.25, -0.2) is 8.42 Å². The normalized spacial score (nSPS) is 14.1. The lowest BCUT2D eigenvalue weighted by molar-refractivity contribution is -0.123. The van der Waals surface area contributed by atoms with E-state index in [1.54, 1.807) is 12.1 Å². The summed E-state index contributed by atoms with van der Waals surface area (Å²) in [6.07, 6.45) is 0.558. The maximum Gasteiger partial charge on any atom is 0.261 e. The number of hydrogen-bond donors (Lipinski definition) is 3. The van der Waals surface area contributed by atoms with Crippen LogP contribution in [0.15, 0.2) is 47.4 Å². The molecule has 0 saturated heterocycles. The summed E-state index contributed by atoms with van der Waals surface area (Å²) in [7, 11) is -3.82. The Morgan fingerprint density at radius 3 is 2.24 bits per heavy atom. The van der Waals surface area contributed by atoms with Crippen molar-refractivity contribution < 1.29 is 18.0 Å². The van der Waals surface area contributed by atoms with E-state index in [1.807, 2.05) is 19.1 Å². The highest BCUT2D eigenvalue weighted by Crippen LogP contribution is 2.28. The maximum absolute atomic E-state index is 12.6. The number of aryl methyl sites for hydroxylation is 1. The highest BCUT2D eigenvalue weighted by Gasteiger charge is 2.21. The van der Waals surface area contributed by atoms with Gasteiger partial charge in [-0.05, 0) is 42.3 Å². The smallest absolute Gasteiger partial charge is 0.261 e. The Balaban J connectivity index is 1.89. The van der Waals surface area contributed by atoms with Crippen molar-refractivity contribution in [1.29, 1.82) is 0 Å². The minimum absolute atomic E-state index is 0.0118. The first-order valence-corrected chi connectivity index (χ1v) is 9.21. The van der Waals surface area contributed by atoms with Crippen molar-refractivity contribution in [2.45, 2.75) is 24.7 Å². The van der Waals surface area contributed by atoms with Crippen LogP contribution < -0.4 is 15.4 Å². The molecule has 0 aromatic heterocycles. The molecule has 1 aliphatic heterocycles. The fourth-order valence-electron chi connectivity index (χ4n) is 2.46. The lowest BCUT2D eigenvalue weighted by Crippen LogP contribution is -2.16. The monoisotopic (exact) mass is 359 g/mol. The van der Waals surface area contributed by atoms with Crippen molar-refractivity contribution in [3.05, 3.63) is 48.0 Å². The van der Waals surface area contributed by atoms with E-state index >= 15 is 0 Å². The summed E-state index contributed by atoms with van der Waals surface area (Å²) < 4.78 is 27.6. The standard InChI is InChI=1S/C17H17N3O4S/c1-2-11-3-5-12(6-4-11)20-25(23,24)13-7-8-14-15(9-13)19-17(22)10-16(21)18-14/h3-9,20H,2,10H2,1H3,(H,18,21)(H,19,22). The molecule has 8 heteroatoms. The molecule has 3 N–H and O–H groups in total. The molecule has 0 atom stereocenters. The number of nitrogens with one attached hydrogen (secondary N) is 3. The molecule has 0 aliphatic carbocycles. The van der Waals surface area contributed by atoms with E-state index in [4.69, 9.17) is 0 Å². The van der Waals surface area contributed by atoms with E-state index < -0.39 is 21.8 Å². The predicted molar refractivity (Wildman–Crippen MR) is 94.9 cm³/mol. The van der Waals surface area contributed by atoms with Gasteiger partial charge >= 0.3 is 0 Å². The van der Waals surface area contributed by atoms with Crippen LogP contribution in [0.1, 0.15) is 18.9 Å². The average molecular weight is 359 g/mol. The Hall–Kier alpha value is -2.87. The van der Waals surface area contributed by atoms with Gasteiger partial charge in [0.2, 0.25) is 11.8 Å². The van der Waals surface area contributed by atoms with Crippen LogP contribution >= 0.6 is 0 Å². The number of carbonyl (C=O) groups excluding carboxylic acids is 2. The van der Waals surface area contributed by atoms with Crippen LogP contribution in [0, 0.1) is 0 Å². The van der Waals surface area contributed by atoms with Gasteiger partial charge in [0, 0.05) is 5.69 Å². The predicted octanol–water partition coefficient (Wildman–Crippen LogP) is 2.33. The SMILES string of the molecule is CCc1ccc(NS(=O)(=O)c2ccc3c(c2)NC(=O)CC(=O)N3)cc1. The van der Waals surface area contributed by atoms with Crippen LogP contribution in [0.3, 0.4) is 0 Å². The number of anilines is 3. The molecule has 1 aliphatic rings. The Kier molecular flexibility index (Phi) is 4.45. The maximum atomic E-state index is 12.6. The molecule has 0 unspecified atom stereocenters. The molecule has 0 saturated carbocycles. The van der Waals surface area contributed by atoms with Crippen molar-refractivity contribution in [3.63, 3.8) is 0 Å². The van der Waals surface area contributed by atoms with E-state index in [2.05, 4.69) is 15.4 Å². The van der Waals surface area contributed by atoms with Gasteiger partial charge in [0.25, 0.3) is 10.0 Å². The van der Waals surface area contributed by atoms with Gasteiger partial charge in [0.05, 0.1) is 16.3 Å². The lowest BCUT2D eigenvalue weighted by atomic mass is 10.2. The molecule has 2 aromatic carbocycles. The zero-order chi connectivity index (χ0) is 18.0. The highest BCUT2D eigenvalue weighted by molar-refractivity contribution is 7.92. The minimum Gasteiger partial charge on any atom is -0.324 e. The number of fused-ring (bicyclic) bond motifs is 1. The van der Waals surface area contributed by atoms with Gasteiger partial charge < -0.3 is 10.6 Å². The summed E-state index contributed by atoms with van der Waals surface area (Å²) in [6, 6.07) is 11.2. The minimum atomic E-state index is -3.82. The number of benzene rings is 2. The van der Waals surface area contributed by atoms with Crippen molar-refractivity contribution >= 4 is 38.9 Å². The number of hydrogen-bond acceptors (Lipinski definition) is 4. The molecule has 3 rings (SSSR count). The fourth-order valence-corrected chi connectivity index (χ4v) is 3.54. The lowest BCUT2D eigenvalue weighted by Gasteiger charge is -2.12. The molecule has 1 heterocycles. The van der Waals surface area contributed by atoms with Crippen LogP contribution in [0.2, 0.25) is 0 Å². The summed E-state index contributed by atoms with van der Waals surface area (Å²) in [5.41, 5.74) is 2.16. The molecule has 2 aromatic rings. The van der Waals surface area contributed by atoms with Gasteiger partial charge in [0.1, 0.15) is 6.42 Å². The van der Waals surface area contributed by atoms with Crippen LogP contribution in [0.25, 0.3) is 0 Å². The van der Waals surface area contributed by atoms with Crippen LogP contribution in [-0.4, -0.2) is 20.2 Å². The van der Waals surface area contributed by atoms with Crippen molar-refractivity contribution in [3.8, 4) is 0 Å². The van der Waals surface area contributed by atoms with Crippen molar-refractivity contribution in [2.24, 2.45) is 0 Å². The van der Waals surface area contributed by atoms with Crippen LogP contribution in [0.4, 0.5) is 17.1 Å². The number of carbonyl (C=O) groups is 2. The van der Waals surface area contributed by atoms with Gasteiger partial charge in [-0.3, -0.25) is 14.3 Å². The van der Waals surface area contributed by atoms with E-state index in [-0.39, 0.29) is 17.0 Å². The molecule has 0 fully saturated rings. The Morgan fingerprint density at radius 2 is 1.60 bits per heavy atom. The highest BCUT2D eigenvalue weighted by atomic mass is 32.2. The first kappa shape index (κ1) is 17.0. The Morgan fingerprint density at radius 1 is 0.960 bits per heavy atom. The molecule has 2 amide bonds. The number of amides is 2. The van der Waals surface area contributed by atoms with Gasteiger partial charge in [-0.15, -0.1) is 0 Å². The van der Waals surface area contributed by atoms with Crippen molar-refractivity contribution in [2.75, 3.05) is 15.4 Å². The third-order valence-electron chi connectivity index (χ3n) is 3.79. The Bertz CT molecular complexity index is 937. The second kappa shape index (κ2) is 6.56. The zero-order valence-corrected chi connectivity index (χ0v) is 14.3. The van der Waals surface area contributed by atoms with Crippen molar-refractivity contribution in [1.82, 2.24) is 0 Å². The average Bonchev–Trinajstić information content (AvgIpc) is 2.70. The third kappa shape index (κ3) is 3.80. The Labute approximate surface area is 145 Å². The summed E-state index contributed by atoms with van der Waals surface area (Å²) >= 11 is 0. The first-order chi connectivity index (χ1) is 11.9. The molecule has 130 valence electrons.